The van der Waals surface area contributed by atoms with Crippen molar-refractivity contribution < 1.29 is 14.7 Å². The molecule has 1 heterocycles. The van der Waals surface area contributed by atoms with Crippen molar-refractivity contribution in [2.75, 3.05) is 13.1 Å². The molecule has 2 N–H and O–H groups in total. The molecule has 6 heteroatoms. The van der Waals surface area contributed by atoms with Crippen LogP contribution in [0.25, 0.3) is 0 Å². The van der Waals surface area contributed by atoms with E-state index in [0.717, 1.165) is 37.1 Å². The predicted octanol–water partition coefficient (Wildman–Crippen LogP) is 2.29. The highest BCUT2D eigenvalue weighted by atomic mass is 32.1. The van der Waals surface area contributed by atoms with Gasteiger partial charge in [-0.05, 0) is 56.7 Å². The zero-order valence-corrected chi connectivity index (χ0v) is 14.3. The van der Waals surface area contributed by atoms with E-state index >= 15 is 0 Å². The Kier molecular flexibility index (Phi) is 5.02. The smallest absolute Gasteiger partial charge is 0.317 e. The fourth-order valence-electron chi connectivity index (χ4n) is 3.54. The minimum atomic E-state index is -0.788. The van der Waals surface area contributed by atoms with Gasteiger partial charge in [0.25, 0.3) is 5.91 Å². The van der Waals surface area contributed by atoms with E-state index in [-0.39, 0.29) is 24.5 Å². The van der Waals surface area contributed by atoms with Gasteiger partial charge in [-0.25, -0.2) is 0 Å². The third kappa shape index (κ3) is 3.75. The van der Waals surface area contributed by atoms with Crippen molar-refractivity contribution in [2.24, 2.45) is 0 Å². The number of carboxylic acids is 1. The SMILES string of the molecule is CCN(CC(=O)O)C1CC(NC(=O)c2cc3c(s2)CCCC3)C1. The molecule has 5 nitrogen and oxygen atoms in total. The van der Waals surface area contributed by atoms with E-state index in [9.17, 15) is 9.59 Å². The normalized spacial score (nSPS) is 23.2. The molecule has 3 rings (SSSR count). The van der Waals surface area contributed by atoms with E-state index < -0.39 is 5.97 Å². The summed E-state index contributed by atoms with van der Waals surface area (Å²) in [4.78, 5) is 27.4. The molecule has 126 valence electrons. The second kappa shape index (κ2) is 7.01. The van der Waals surface area contributed by atoms with Gasteiger partial charge in [0.2, 0.25) is 0 Å². The fourth-order valence-corrected chi connectivity index (χ4v) is 4.69. The number of nitrogens with zero attached hydrogens (tertiary/aromatic N) is 1. The predicted molar refractivity (Wildman–Crippen MR) is 90.1 cm³/mol. The molecule has 1 saturated carbocycles. The molecule has 1 fully saturated rings. The molecule has 23 heavy (non-hydrogen) atoms. The van der Waals surface area contributed by atoms with Crippen molar-refractivity contribution in [3.05, 3.63) is 21.4 Å². The molecule has 0 atom stereocenters. The number of hydrogen-bond donors (Lipinski definition) is 2. The fraction of sp³-hybridized carbons (Fsp3) is 0.647. The van der Waals surface area contributed by atoms with E-state index in [4.69, 9.17) is 5.11 Å². The number of carbonyl (C=O) groups excluding carboxylic acids is 1. The minimum Gasteiger partial charge on any atom is -0.480 e. The molecule has 0 aromatic carbocycles. The summed E-state index contributed by atoms with van der Waals surface area (Å²) in [6, 6.07) is 2.51. The number of aliphatic carboxylic acids is 1. The average Bonchev–Trinajstić information content (AvgIpc) is 2.92. The summed E-state index contributed by atoms with van der Waals surface area (Å²) in [5.41, 5.74) is 1.36. The van der Waals surface area contributed by atoms with Crippen LogP contribution in [0.5, 0.6) is 0 Å². The third-order valence-electron chi connectivity index (χ3n) is 4.93. The van der Waals surface area contributed by atoms with Crippen molar-refractivity contribution in [3.63, 3.8) is 0 Å². The van der Waals surface area contributed by atoms with Crippen LogP contribution in [0, 0.1) is 0 Å². The lowest BCUT2D eigenvalue weighted by molar-refractivity contribution is -0.139. The van der Waals surface area contributed by atoms with Crippen molar-refractivity contribution in [2.45, 2.75) is 57.5 Å². The van der Waals surface area contributed by atoms with Crippen molar-refractivity contribution >= 4 is 23.2 Å². The lowest BCUT2D eigenvalue weighted by Crippen LogP contribution is -2.54. The average molecular weight is 336 g/mol. The van der Waals surface area contributed by atoms with Gasteiger partial charge in [0.05, 0.1) is 11.4 Å². The van der Waals surface area contributed by atoms with Gasteiger partial charge < -0.3 is 10.4 Å². The first-order valence-corrected chi connectivity index (χ1v) is 9.26. The van der Waals surface area contributed by atoms with Crippen molar-refractivity contribution in [1.82, 2.24) is 10.2 Å². The molecular weight excluding hydrogens is 312 g/mol. The van der Waals surface area contributed by atoms with Gasteiger partial charge in [0, 0.05) is 17.0 Å². The maximum absolute atomic E-state index is 12.4. The topological polar surface area (TPSA) is 69.6 Å². The van der Waals surface area contributed by atoms with Gasteiger partial charge in [0.15, 0.2) is 0 Å². The molecule has 1 aromatic rings. The van der Waals surface area contributed by atoms with Crippen LogP contribution in [0.1, 0.15) is 52.7 Å². The molecular formula is C17H24N2O3S. The number of carboxylic acid groups (broad SMARTS) is 1. The largest absolute Gasteiger partial charge is 0.480 e. The standard InChI is InChI=1S/C17H24N2O3S/c1-2-19(10-16(20)21)13-8-12(9-13)18-17(22)15-7-11-5-3-4-6-14(11)23-15/h7,12-13H,2-6,8-10H2,1H3,(H,18,22)(H,20,21). The lowest BCUT2D eigenvalue weighted by atomic mass is 9.85. The van der Waals surface area contributed by atoms with Gasteiger partial charge in [-0.15, -0.1) is 11.3 Å². The van der Waals surface area contributed by atoms with Crippen LogP contribution in [-0.2, 0) is 17.6 Å². The number of rotatable bonds is 6. The monoisotopic (exact) mass is 336 g/mol. The number of carbonyl (C=O) groups is 2. The number of hydrogen-bond acceptors (Lipinski definition) is 4. The Balaban J connectivity index is 1.50. The van der Waals surface area contributed by atoms with Crippen LogP contribution < -0.4 is 5.32 Å². The highest BCUT2D eigenvalue weighted by Gasteiger charge is 2.35. The van der Waals surface area contributed by atoms with Gasteiger partial charge >= 0.3 is 5.97 Å². The van der Waals surface area contributed by atoms with Crippen LogP contribution >= 0.6 is 11.3 Å². The first-order chi connectivity index (χ1) is 11.1. The Morgan fingerprint density at radius 2 is 2.09 bits per heavy atom. The second-order valence-corrected chi connectivity index (χ2v) is 7.66. The molecule has 0 saturated heterocycles. The van der Waals surface area contributed by atoms with Crippen LogP contribution in [0.2, 0.25) is 0 Å². The highest BCUT2D eigenvalue weighted by Crippen LogP contribution is 2.31. The van der Waals surface area contributed by atoms with Gasteiger partial charge in [-0.2, -0.15) is 0 Å². The van der Waals surface area contributed by atoms with Crippen LogP contribution in [0.3, 0.4) is 0 Å². The molecule has 1 aromatic heterocycles. The first-order valence-electron chi connectivity index (χ1n) is 8.45. The summed E-state index contributed by atoms with van der Waals surface area (Å²) in [5, 5.41) is 12.0. The van der Waals surface area contributed by atoms with E-state index in [1.165, 1.54) is 23.3 Å². The van der Waals surface area contributed by atoms with E-state index in [0.29, 0.717) is 0 Å². The Bertz CT molecular complexity index is 569. The minimum absolute atomic E-state index is 0.0362. The number of nitrogens with one attached hydrogen (secondary N) is 1. The number of aryl methyl sites for hydroxylation is 2. The summed E-state index contributed by atoms with van der Waals surface area (Å²) in [6.45, 7) is 2.79. The quantitative estimate of drug-likeness (QED) is 0.836. The molecule has 0 aliphatic heterocycles. The van der Waals surface area contributed by atoms with Crippen LogP contribution in [0.4, 0.5) is 0 Å². The van der Waals surface area contributed by atoms with Crippen LogP contribution in [0.15, 0.2) is 6.07 Å². The lowest BCUT2D eigenvalue weighted by Gasteiger charge is -2.42. The Hall–Kier alpha value is -1.40. The molecule has 0 spiro atoms. The van der Waals surface area contributed by atoms with Gasteiger partial charge in [-0.1, -0.05) is 6.92 Å². The van der Waals surface area contributed by atoms with Gasteiger partial charge in [-0.3, -0.25) is 14.5 Å². The Labute approximate surface area is 140 Å². The molecule has 0 bridgehead atoms. The maximum Gasteiger partial charge on any atom is 0.317 e. The molecule has 0 unspecified atom stereocenters. The number of thiophene rings is 1. The summed E-state index contributed by atoms with van der Waals surface area (Å²) < 4.78 is 0. The van der Waals surface area contributed by atoms with Crippen LogP contribution in [-0.4, -0.2) is 47.1 Å². The molecule has 2 aliphatic rings. The Morgan fingerprint density at radius 1 is 1.35 bits per heavy atom. The van der Waals surface area contributed by atoms with E-state index in [1.54, 1.807) is 11.3 Å². The van der Waals surface area contributed by atoms with Gasteiger partial charge in [0.1, 0.15) is 0 Å². The number of amides is 1. The zero-order valence-electron chi connectivity index (χ0n) is 13.5. The number of likely N-dealkylation sites (N-methyl/N-ethyl adjacent to an activating group) is 1. The second-order valence-electron chi connectivity index (χ2n) is 6.52. The molecule has 1 amide bonds. The summed E-state index contributed by atoms with van der Waals surface area (Å²) in [6.07, 6.45) is 6.36. The highest BCUT2D eigenvalue weighted by molar-refractivity contribution is 7.14. The number of fused-ring (bicyclic) bond motifs is 1. The maximum atomic E-state index is 12.4. The van der Waals surface area contributed by atoms with Crippen molar-refractivity contribution in [3.8, 4) is 0 Å². The Morgan fingerprint density at radius 3 is 2.74 bits per heavy atom. The summed E-state index contributed by atoms with van der Waals surface area (Å²) in [5.74, 6) is -0.752. The molecule has 0 radical (unpaired) electrons. The first kappa shape index (κ1) is 16.5. The van der Waals surface area contributed by atoms with Crippen molar-refractivity contribution in [1.29, 1.82) is 0 Å². The van der Waals surface area contributed by atoms with E-state index in [2.05, 4.69) is 11.4 Å². The third-order valence-corrected chi connectivity index (χ3v) is 6.17. The summed E-state index contributed by atoms with van der Waals surface area (Å²) >= 11 is 1.64. The zero-order chi connectivity index (χ0) is 16.4. The molecule has 2 aliphatic carbocycles. The van der Waals surface area contributed by atoms with E-state index in [1.807, 2.05) is 11.8 Å². The summed E-state index contributed by atoms with van der Waals surface area (Å²) in [7, 11) is 0.